The molecule has 0 aliphatic rings. The molecule has 0 saturated heterocycles. The maximum absolute atomic E-state index is 10.6. The number of anilines is 1. The van der Waals surface area contributed by atoms with Crippen molar-refractivity contribution in [1.29, 1.82) is 0 Å². The molecule has 0 fully saturated rings. The molecule has 0 bridgehead atoms. The lowest BCUT2D eigenvalue weighted by Crippen LogP contribution is -2.19. The lowest BCUT2D eigenvalue weighted by molar-refractivity contribution is 0.0696. The van der Waals surface area contributed by atoms with E-state index >= 15 is 0 Å². The average Bonchev–Trinajstić information content (AvgIpc) is 2.82. The van der Waals surface area contributed by atoms with Crippen molar-refractivity contribution in [1.82, 2.24) is 9.97 Å². The number of carboxylic acid groups (broad SMARTS) is 1. The second kappa shape index (κ2) is 4.92. The van der Waals surface area contributed by atoms with Crippen LogP contribution in [0.5, 0.6) is 0 Å². The van der Waals surface area contributed by atoms with Crippen molar-refractivity contribution in [3.63, 3.8) is 0 Å². The molecule has 2 heterocycles. The lowest BCUT2D eigenvalue weighted by atomic mass is 10.3. The predicted octanol–water partition coefficient (Wildman–Crippen LogP) is 1.87. The summed E-state index contributed by atoms with van der Waals surface area (Å²) < 4.78 is 0. The van der Waals surface area contributed by atoms with Crippen molar-refractivity contribution < 1.29 is 9.90 Å². The largest absolute Gasteiger partial charge is 0.478 e. The Morgan fingerprint density at radius 2 is 2.18 bits per heavy atom. The lowest BCUT2D eigenvalue weighted by Gasteiger charge is -2.15. The summed E-state index contributed by atoms with van der Waals surface area (Å²) in [6, 6.07) is 2.03. The van der Waals surface area contributed by atoms with E-state index in [1.54, 1.807) is 11.3 Å². The van der Waals surface area contributed by atoms with Gasteiger partial charge in [-0.15, -0.1) is 0 Å². The zero-order chi connectivity index (χ0) is 12.3. The molecule has 88 valence electrons. The van der Waals surface area contributed by atoms with Crippen molar-refractivity contribution in [2.24, 2.45) is 0 Å². The van der Waals surface area contributed by atoms with Gasteiger partial charge in [-0.25, -0.2) is 14.8 Å². The Morgan fingerprint density at radius 1 is 1.47 bits per heavy atom. The number of rotatable bonds is 4. The fourth-order valence-electron chi connectivity index (χ4n) is 1.36. The summed E-state index contributed by atoms with van der Waals surface area (Å²) in [5.74, 6) is -0.502. The fourth-order valence-corrected chi connectivity index (χ4v) is 2.02. The minimum absolute atomic E-state index is 0.0951. The second-order valence-corrected chi connectivity index (χ2v) is 4.34. The summed E-state index contributed by atoms with van der Waals surface area (Å²) in [5.41, 5.74) is 1.28. The van der Waals surface area contributed by atoms with Gasteiger partial charge in [-0.05, 0) is 22.4 Å². The Labute approximate surface area is 102 Å². The molecule has 0 atom stereocenters. The van der Waals surface area contributed by atoms with E-state index in [0.29, 0.717) is 12.5 Å². The maximum Gasteiger partial charge on any atom is 0.338 e. The second-order valence-electron chi connectivity index (χ2n) is 3.56. The van der Waals surface area contributed by atoms with Crippen LogP contribution in [0.4, 0.5) is 5.95 Å². The third-order valence-electron chi connectivity index (χ3n) is 2.23. The molecular formula is C11H11N3O2S. The van der Waals surface area contributed by atoms with Crippen LogP contribution in [0.25, 0.3) is 0 Å². The van der Waals surface area contributed by atoms with E-state index in [-0.39, 0.29) is 5.56 Å². The standard InChI is InChI=1S/C11H11N3O2S/c1-14(6-8-2-3-17-7-8)11-12-4-9(5-13-11)10(15)16/h2-5,7H,6H2,1H3,(H,15,16). The third kappa shape index (κ3) is 2.79. The van der Waals surface area contributed by atoms with Crippen LogP contribution in [0.15, 0.2) is 29.2 Å². The van der Waals surface area contributed by atoms with E-state index < -0.39 is 5.97 Å². The molecule has 1 N–H and O–H groups in total. The molecule has 2 aromatic rings. The molecule has 17 heavy (non-hydrogen) atoms. The normalized spacial score (nSPS) is 10.2. The Hall–Kier alpha value is -1.95. The molecule has 0 aromatic carbocycles. The molecule has 0 aliphatic carbocycles. The van der Waals surface area contributed by atoms with Crippen LogP contribution in [0.2, 0.25) is 0 Å². The Bertz CT molecular complexity index is 496. The first-order valence-corrected chi connectivity index (χ1v) is 5.88. The Kier molecular flexibility index (Phi) is 3.34. The summed E-state index contributed by atoms with van der Waals surface area (Å²) in [5, 5.41) is 12.8. The summed E-state index contributed by atoms with van der Waals surface area (Å²) >= 11 is 1.64. The highest BCUT2D eigenvalue weighted by atomic mass is 32.1. The summed E-state index contributed by atoms with van der Waals surface area (Å²) in [7, 11) is 1.87. The number of carbonyl (C=O) groups is 1. The van der Waals surface area contributed by atoms with Gasteiger partial charge in [0.2, 0.25) is 5.95 Å². The van der Waals surface area contributed by atoms with Gasteiger partial charge in [0.05, 0.1) is 5.56 Å². The highest BCUT2D eigenvalue weighted by molar-refractivity contribution is 7.07. The smallest absolute Gasteiger partial charge is 0.338 e. The first-order valence-electron chi connectivity index (χ1n) is 4.94. The third-order valence-corrected chi connectivity index (χ3v) is 2.96. The van der Waals surface area contributed by atoms with Crippen LogP contribution >= 0.6 is 11.3 Å². The zero-order valence-corrected chi connectivity index (χ0v) is 10.0. The van der Waals surface area contributed by atoms with Crippen molar-refractivity contribution in [3.8, 4) is 0 Å². The van der Waals surface area contributed by atoms with Crippen LogP contribution in [-0.4, -0.2) is 28.1 Å². The van der Waals surface area contributed by atoms with Gasteiger partial charge in [-0.1, -0.05) is 0 Å². The van der Waals surface area contributed by atoms with Gasteiger partial charge < -0.3 is 10.0 Å². The molecule has 2 rings (SSSR count). The van der Waals surface area contributed by atoms with E-state index in [0.717, 1.165) is 0 Å². The molecule has 0 amide bonds. The molecule has 5 nitrogen and oxygen atoms in total. The van der Waals surface area contributed by atoms with Gasteiger partial charge in [0, 0.05) is 26.0 Å². The number of thiophene rings is 1. The average molecular weight is 249 g/mol. The number of aromatic nitrogens is 2. The first kappa shape index (κ1) is 11.5. The van der Waals surface area contributed by atoms with Crippen molar-refractivity contribution in [3.05, 3.63) is 40.3 Å². The van der Waals surface area contributed by atoms with Gasteiger partial charge in [-0.2, -0.15) is 11.3 Å². The molecule has 0 aliphatic heterocycles. The fraction of sp³-hybridized carbons (Fsp3) is 0.182. The van der Waals surface area contributed by atoms with Gasteiger partial charge in [0.1, 0.15) is 0 Å². The SMILES string of the molecule is CN(Cc1ccsc1)c1ncc(C(=O)O)cn1. The quantitative estimate of drug-likeness (QED) is 0.896. The van der Waals surface area contributed by atoms with E-state index in [1.165, 1.54) is 18.0 Å². The van der Waals surface area contributed by atoms with E-state index in [1.807, 2.05) is 23.4 Å². The molecule has 0 unspecified atom stereocenters. The molecule has 0 saturated carbocycles. The first-order chi connectivity index (χ1) is 8.16. The molecule has 0 spiro atoms. The van der Waals surface area contributed by atoms with Gasteiger partial charge in [0.25, 0.3) is 0 Å². The Balaban J connectivity index is 2.09. The van der Waals surface area contributed by atoms with Crippen LogP contribution in [0.1, 0.15) is 15.9 Å². The molecule has 0 radical (unpaired) electrons. The van der Waals surface area contributed by atoms with Crippen LogP contribution in [-0.2, 0) is 6.54 Å². The monoisotopic (exact) mass is 249 g/mol. The number of aromatic carboxylic acids is 1. The molecule has 2 aromatic heterocycles. The minimum atomic E-state index is -1.02. The number of hydrogen-bond donors (Lipinski definition) is 1. The predicted molar refractivity (Wildman–Crippen MR) is 65.4 cm³/mol. The van der Waals surface area contributed by atoms with E-state index in [4.69, 9.17) is 5.11 Å². The Morgan fingerprint density at radius 3 is 2.71 bits per heavy atom. The van der Waals surface area contributed by atoms with Crippen LogP contribution < -0.4 is 4.90 Å². The highest BCUT2D eigenvalue weighted by Gasteiger charge is 2.08. The topological polar surface area (TPSA) is 66.3 Å². The summed E-state index contributed by atoms with van der Waals surface area (Å²) in [6.45, 7) is 0.704. The zero-order valence-electron chi connectivity index (χ0n) is 9.20. The minimum Gasteiger partial charge on any atom is -0.478 e. The number of nitrogens with zero attached hydrogens (tertiary/aromatic N) is 3. The van der Waals surface area contributed by atoms with Crippen LogP contribution in [0, 0.1) is 0 Å². The van der Waals surface area contributed by atoms with Crippen molar-refractivity contribution >= 4 is 23.3 Å². The van der Waals surface area contributed by atoms with Gasteiger partial charge in [-0.3, -0.25) is 0 Å². The summed E-state index contributed by atoms with van der Waals surface area (Å²) in [4.78, 5) is 20.6. The number of carboxylic acids is 1. The van der Waals surface area contributed by atoms with Gasteiger partial charge >= 0.3 is 5.97 Å². The number of hydrogen-bond acceptors (Lipinski definition) is 5. The van der Waals surface area contributed by atoms with E-state index in [9.17, 15) is 4.79 Å². The summed E-state index contributed by atoms with van der Waals surface area (Å²) in [6.07, 6.45) is 2.63. The maximum atomic E-state index is 10.6. The molecule has 6 heteroatoms. The molecular weight excluding hydrogens is 238 g/mol. The van der Waals surface area contributed by atoms with E-state index in [2.05, 4.69) is 15.3 Å². The van der Waals surface area contributed by atoms with Gasteiger partial charge in [0.15, 0.2) is 0 Å². The van der Waals surface area contributed by atoms with Crippen LogP contribution in [0.3, 0.4) is 0 Å². The van der Waals surface area contributed by atoms with Crippen molar-refractivity contribution in [2.75, 3.05) is 11.9 Å². The highest BCUT2D eigenvalue weighted by Crippen LogP contribution is 2.12. The van der Waals surface area contributed by atoms with Crippen molar-refractivity contribution in [2.45, 2.75) is 6.54 Å².